The zero-order valence-electron chi connectivity index (χ0n) is 18.2. The molecule has 31 heavy (non-hydrogen) atoms. The molecule has 0 unspecified atom stereocenters. The molecule has 4 rings (SSSR count). The summed E-state index contributed by atoms with van der Waals surface area (Å²) in [6, 6.07) is 20.4. The highest BCUT2D eigenvalue weighted by Gasteiger charge is 2.30. The van der Waals surface area contributed by atoms with Crippen LogP contribution >= 0.6 is 0 Å². The lowest BCUT2D eigenvalue weighted by atomic mass is 10.1. The summed E-state index contributed by atoms with van der Waals surface area (Å²) in [4.78, 5) is 27.4. The van der Waals surface area contributed by atoms with Gasteiger partial charge in [-0.25, -0.2) is 0 Å². The molecule has 3 aromatic rings. The number of nitrogens with one attached hydrogen (secondary N) is 2. The minimum absolute atomic E-state index is 0.0306. The fourth-order valence-electron chi connectivity index (χ4n) is 3.87. The molecule has 1 aliphatic rings. The number of amides is 2. The standard InChI is InChI=1S/C26H29N3O2/c1-18-10-11-19(2)24(16-18)28-26(31)17-29(21-12-13-21)15-14-25(30)27-23-9-5-7-20-6-3-4-8-22(20)23/h3-11,16,21H,12-15,17H2,1-2H3,(H,27,30)(H,28,31). The quantitative estimate of drug-likeness (QED) is 0.551. The van der Waals surface area contributed by atoms with Crippen molar-refractivity contribution < 1.29 is 9.59 Å². The van der Waals surface area contributed by atoms with E-state index in [0.29, 0.717) is 25.6 Å². The highest BCUT2D eigenvalue weighted by atomic mass is 16.2. The minimum atomic E-state index is -0.0324. The molecule has 0 aliphatic heterocycles. The van der Waals surface area contributed by atoms with Gasteiger partial charge < -0.3 is 10.6 Å². The maximum atomic E-state index is 12.6. The number of carbonyl (C=O) groups is 2. The molecule has 0 spiro atoms. The van der Waals surface area contributed by atoms with Crippen LogP contribution in [0.4, 0.5) is 11.4 Å². The molecule has 0 radical (unpaired) electrons. The van der Waals surface area contributed by atoms with Crippen molar-refractivity contribution in [2.75, 3.05) is 23.7 Å². The molecule has 0 bridgehead atoms. The third kappa shape index (κ3) is 5.50. The number of benzene rings is 3. The summed E-state index contributed by atoms with van der Waals surface area (Å²) < 4.78 is 0. The van der Waals surface area contributed by atoms with Crippen LogP contribution in [-0.4, -0.2) is 35.8 Å². The molecule has 1 fully saturated rings. The van der Waals surface area contributed by atoms with E-state index in [4.69, 9.17) is 0 Å². The molecule has 5 heteroatoms. The lowest BCUT2D eigenvalue weighted by molar-refractivity contribution is -0.119. The Morgan fingerprint density at radius 3 is 2.45 bits per heavy atom. The summed E-state index contributed by atoms with van der Waals surface area (Å²) in [5.74, 6) is -0.0630. The number of nitrogens with zero attached hydrogens (tertiary/aromatic N) is 1. The number of rotatable bonds is 8. The SMILES string of the molecule is Cc1ccc(C)c(NC(=O)CN(CCC(=O)Nc2cccc3ccccc23)C2CC2)c1. The molecule has 0 aromatic heterocycles. The smallest absolute Gasteiger partial charge is 0.238 e. The maximum Gasteiger partial charge on any atom is 0.238 e. The Morgan fingerprint density at radius 2 is 1.65 bits per heavy atom. The molecule has 0 atom stereocenters. The van der Waals surface area contributed by atoms with E-state index in [1.807, 2.05) is 74.5 Å². The fourth-order valence-corrected chi connectivity index (χ4v) is 3.87. The number of hydrogen-bond acceptors (Lipinski definition) is 3. The van der Waals surface area contributed by atoms with Crippen LogP contribution in [0, 0.1) is 13.8 Å². The van der Waals surface area contributed by atoms with Crippen molar-refractivity contribution in [2.45, 2.75) is 39.2 Å². The monoisotopic (exact) mass is 415 g/mol. The van der Waals surface area contributed by atoms with Crippen LogP contribution in [0.2, 0.25) is 0 Å². The molecule has 0 heterocycles. The van der Waals surface area contributed by atoms with Crippen molar-refractivity contribution in [2.24, 2.45) is 0 Å². The van der Waals surface area contributed by atoms with Crippen LogP contribution in [-0.2, 0) is 9.59 Å². The Morgan fingerprint density at radius 1 is 0.903 bits per heavy atom. The van der Waals surface area contributed by atoms with Gasteiger partial charge in [-0.05, 0) is 55.3 Å². The van der Waals surface area contributed by atoms with E-state index < -0.39 is 0 Å². The average Bonchev–Trinajstić information content (AvgIpc) is 3.59. The summed E-state index contributed by atoms with van der Waals surface area (Å²) in [7, 11) is 0. The first-order chi connectivity index (χ1) is 15.0. The topological polar surface area (TPSA) is 61.4 Å². The number of anilines is 2. The van der Waals surface area contributed by atoms with Crippen molar-refractivity contribution in [3.8, 4) is 0 Å². The minimum Gasteiger partial charge on any atom is -0.325 e. The van der Waals surface area contributed by atoms with Crippen molar-refractivity contribution in [3.05, 3.63) is 71.8 Å². The Balaban J connectivity index is 1.34. The second-order valence-corrected chi connectivity index (χ2v) is 8.39. The van der Waals surface area contributed by atoms with Gasteiger partial charge in [0.05, 0.1) is 6.54 Å². The van der Waals surface area contributed by atoms with E-state index in [-0.39, 0.29) is 11.8 Å². The predicted molar refractivity (Wildman–Crippen MR) is 126 cm³/mol. The van der Waals surface area contributed by atoms with Gasteiger partial charge in [0.15, 0.2) is 0 Å². The summed E-state index contributed by atoms with van der Waals surface area (Å²) >= 11 is 0. The number of aryl methyl sites for hydroxylation is 2. The molecule has 1 saturated carbocycles. The van der Waals surface area contributed by atoms with E-state index in [2.05, 4.69) is 15.5 Å². The van der Waals surface area contributed by atoms with Crippen LogP contribution in [0.5, 0.6) is 0 Å². The molecular formula is C26H29N3O2. The van der Waals surface area contributed by atoms with Gasteiger partial charge in [-0.1, -0.05) is 48.5 Å². The van der Waals surface area contributed by atoms with E-state index in [1.54, 1.807) is 0 Å². The summed E-state index contributed by atoms with van der Waals surface area (Å²) in [5, 5.41) is 8.20. The molecule has 2 amide bonds. The van der Waals surface area contributed by atoms with Gasteiger partial charge in [-0.3, -0.25) is 14.5 Å². The Bertz CT molecular complexity index is 1100. The van der Waals surface area contributed by atoms with Gasteiger partial charge >= 0.3 is 0 Å². The zero-order valence-corrected chi connectivity index (χ0v) is 18.2. The zero-order chi connectivity index (χ0) is 21.8. The van der Waals surface area contributed by atoms with Gasteiger partial charge in [-0.2, -0.15) is 0 Å². The Labute approximate surface area is 183 Å². The van der Waals surface area contributed by atoms with Crippen LogP contribution in [0.3, 0.4) is 0 Å². The molecule has 0 saturated heterocycles. The van der Waals surface area contributed by atoms with Gasteiger partial charge in [0.25, 0.3) is 0 Å². The van der Waals surface area contributed by atoms with Crippen molar-refractivity contribution in [3.63, 3.8) is 0 Å². The molecule has 5 nitrogen and oxygen atoms in total. The van der Waals surface area contributed by atoms with E-state index >= 15 is 0 Å². The predicted octanol–water partition coefficient (Wildman–Crippen LogP) is 4.89. The third-order valence-electron chi connectivity index (χ3n) is 5.77. The number of carbonyl (C=O) groups excluding carboxylic acids is 2. The van der Waals surface area contributed by atoms with Crippen molar-refractivity contribution in [1.29, 1.82) is 0 Å². The van der Waals surface area contributed by atoms with Crippen molar-refractivity contribution >= 4 is 34.0 Å². The van der Waals surface area contributed by atoms with E-state index in [9.17, 15) is 9.59 Å². The first kappa shape index (κ1) is 21.1. The summed E-state index contributed by atoms with van der Waals surface area (Å²) in [5.41, 5.74) is 3.85. The second-order valence-electron chi connectivity index (χ2n) is 8.39. The Hall–Kier alpha value is -3.18. The summed E-state index contributed by atoms with van der Waals surface area (Å²) in [6.07, 6.45) is 2.53. The molecule has 3 aromatic carbocycles. The van der Waals surface area contributed by atoms with Gasteiger partial charge in [0.1, 0.15) is 0 Å². The fraction of sp³-hybridized carbons (Fsp3) is 0.308. The first-order valence-corrected chi connectivity index (χ1v) is 10.9. The normalized spacial score (nSPS) is 13.4. The number of hydrogen-bond donors (Lipinski definition) is 2. The van der Waals surface area contributed by atoms with E-state index in [1.165, 1.54) is 0 Å². The van der Waals surface area contributed by atoms with Crippen LogP contribution in [0.25, 0.3) is 10.8 Å². The third-order valence-corrected chi connectivity index (χ3v) is 5.77. The van der Waals surface area contributed by atoms with Gasteiger partial charge in [0, 0.05) is 35.8 Å². The van der Waals surface area contributed by atoms with Crippen LogP contribution < -0.4 is 10.6 Å². The largest absolute Gasteiger partial charge is 0.325 e. The molecule has 1 aliphatic carbocycles. The van der Waals surface area contributed by atoms with Crippen molar-refractivity contribution in [1.82, 2.24) is 4.90 Å². The lowest BCUT2D eigenvalue weighted by Crippen LogP contribution is -2.37. The lowest BCUT2D eigenvalue weighted by Gasteiger charge is -2.21. The first-order valence-electron chi connectivity index (χ1n) is 10.9. The van der Waals surface area contributed by atoms with E-state index in [0.717, 1.165) is 46.1 Å². The average molecular weight is 416 g/mol. The van der Waals surface area contributed by atoms with Gasteiger partial charge in [0.2, 0.25) is 11.8 Å². The molecule has 2 N–H and O–H groups in total. The Kier molecular flexibility index (Phi) is 6.33. The van der Waals surface area contributed by atoms with Crippen LogP contribution in [0.15, 0.2) is 60.7 Å². The highest BCUT2D eigenvalue weighted by molar-refractivity contribution is 6.02. The second kappa shape index (κ2) is 9.31. The highest BCUT2D eigenvalue weighted by Crippen LogP contribution is 2.27. The maximum absolute atomic E-state index is 12.6. The van der Waals surface area contributed by atoms with Gasteiger partial charge in [-0.15, -0.1) is 0 Å². The number of fused-ring (bicyclic) bond motifs is 1. The molecule has 160 valence electrons. The van der Waals surface area contributed by atoms with Crippen LogP contribution in [0.1, 0.15) is 30.4 Å². The summed E-state index contributed by atoms with van der Waals surface area (Å²) in [6.45, 7) is 4.88. The molecular weight excluding hydrogens is 386 g/mol.